The zero-order chi connectivity index (χ0) is 12.3. The third-order valence-corrected chi connectivity index (χ3v) is 3.08. The number of nitrogens with zero attached hydrogens (tertiary/aromatic N) is 2. The first-order valence-corrected chi connectivity index (χ1v) is 6.01. The molecule has 1 heterocycles. The van der Waals surface area contributed by atoms with E-state index in [1.54, 1.807) is 4.90 Å². The summed E-state index contributed by atoms with van der Waals surface area (Å²) in [6.45, 7) is 8.83. The maximum Gasteiger partial charge on any atom is 0.242 e. The van der Waals surface area contributed by atoms with Crippen molar-refractivity contribution in [3.05, 3.63) is 0 Å². The molecule has 0 bridgehead atoms. The van der Waals surface area contributed by atoms with Crippen molar-refractivity contribution in [1.29, 1.82) is 0 Å². The zero-order valence-electron chi connectivity index (χ0n) is 10.9. The van der Waals surface area contributed by atoms with Crippen LogP contribution in [0.1, 0.15) is 27.2 Å². The molecular formula is C12H24N2O2. The highest BCUT2D eigenvalue weighted by Crippen LogP contribution is 2.24. The van der Waals surface area contributed by atoms with Crippen molar-refractivity contribution >= 4 is 5.91 Å². The lowest BCUT2D eigenvalue weighted by Crippen LogP contribution is -2.47. The molecule has 1 atom stereocenters. The lowest BCUT2D eigenvalue weighted by molar-refractivity contribution is -0.135. The number of amides is 1. The van der Waals surface area contributed by atoms with E-state index in [2.05, 4.69) is 25.7 Å². The molecule has 1 saturated heterocycles. The molecule has 1 unspecified atom stereocenters. The van der Waals surface area contributed by atoms with Gasteiger partial charge in [0, 0.05) is 20.1 Å². The van der Waals surface area contributed by atoms with Gasteiger partial charge < -0.3 is 10.0 Å². The first kappa shape index (κ1) is 13.5. The molecule has 0 aromatic rings. The van der Waals surface area contributed by atoms with Crippen molar-refractivity contribution in [3.8, 4) is 0 Å². The van der Waals surface area contributed by atoms with Gasteiger partial charge in [0.1, 0.15) is 6.04 Å². The lowest BCUT2D eigenvalue weighted by atomic mass is 9.92. The van der Waals surface area contributed by atoms with Gasteiger partial charge in [0.05, 0.1) is 6.61 Å². The quantitative estimate of drug-likeness (QED) is 0.767. The number of likely N-dealkylation sites (N-methyl/N-ethyl adjacent to an activating group) is 1. The number of aliphatic hydroxyl groups is 1. The molecule has 0 aromatic carbocycles. The first-order valence-electron chi connectivity index (χ1n) is 6.01. The molecule has 1 amide bonds. The van der Waals surface area contributed by atoms with E-state index in [-0.39, 0.29) is 24.0 Å². The summed E-state index contributed by atoms with van der Waals surface area (Å²) in [6, 6.07) is -0.355. The Kier molecular flexibility index (Phi) is 4.33. The Bertz CT molecular complexity index is 253. The van der Waals surface area contributed by atoms with Crippen LogP contribution in [0.3, 0.4) is 0 Å². The van der Waals surface area contributed by atoms with E-state index in [0.717, 1.165) is 26.1 Å². The van der Waals surface area contributed by atoms with Crippen LogP contribution < -0.4 is 0 Å². The second-order valence-electron chi connectivity index (χ2n) is 5.53. The fourth-order valence-electron chi connectivity index (χ4n) is 2.56. The highest BCUT2D eigenvalue weighted by molar-refractivity contribution is 5.82. The van der Waals surface area contributed by atoms with Crippen molar-refractivity contribution in [2.75, 3.05) is 33.3 Å². The van der Waals surface area contributed by atoms with Crippen LogP contribution in [0.4, 0.5) is 0 Å². The SMILES string of the molecule is CCCN1CC(C)(C)CN(C)C(=O)C1CO. The van der Waals surface area contributed by atoms with E-state index in [1.165, 1.54) is 0 Å². The molecule has 1 aliphatic rings. The fraction of sp³-hybridized carbons (Fsp3) is 0.917. The van der Waals surface area contributed by atoms with Gasteiger partial charge >= 0.3 is 0 Å². The molecule has 0 aromatic heterocycles. The second-order valence-corrected chi connectivity index (χ2v) is 5.53. The van der Waals surface area contributed by atoms with Crippen LogP contribution in [0, 0.1) is 5.41 Å². The summed E-state index contributed by atoms with van der Waals surface area (Å²) < 4.78 is 0. The number of hydrogen-bond acceptors (Lipinski definition) is 3. The summed E-state index contributed by atoms with van der Waals surface area (Å²) in [7, 11) is 1.82. The molecule has 1 N–H and O–H groups in total. The largest absolute Gasteiger partial charge is 0.394 e. The van der Waals surface area contributed by atoms with Gasteiger partial charge in [-0.1, -0.05) is 20.8 Å². The van der Waals surface area contributed by atoms with E-state index in [9.17, 15) is 9.90 Å². The van der Waals surface area contributed by atoms with E-state index in [4.69, 9.17) is 0 Å². The van der Waals surface area contributed by atoms with Crippen LogP contribution in [0.2, 0.25) is 0 Å². The molecule has 94 valence electrons. The maximum absolute atomic E-state index is 12.1. The Labute approximate surface area is 98.2 Å². The van der Waals surface area contributed by atoms with Crippen molar-refractivity contribution in [3.63, 3.8) is 0 Å². The third kappa shape index (κ3) is 2.95. The minimum Gasteiger partial charge on any atom is -0.394 e. The Hall–Kier alpha value is -0.610. The van der Waals surface area contributed by atoms with Crippen molar-refractivity contribution in [2.24, 2.45) is 5.41 Å². The zero-order valence-corrected chi connectivity index (χ0v) is 10.9. The molecule has 4 heteroatoms. The highest BCUT2D eigenvalue weighted by Gasteiger charge is 2.37. The van der Waals surface area contributed by atoms with Gasteiger partial charge in [0.25, 0.3) is 0 Å². The monoisotopic (exact) mass is 228 g/mol. The number of aliphatic hydroxyl groups excluding tert-OH is 1. The van der Waals surface area contributed by atoms with Gasteiger partial charge in [-0.15, -0.1) is 0 Å². The molecule has 0 saturated carbocycles. The summed E-state index contributed by atoms with van der Waals surface area (Å²) in [5, 5.41) is 9.38. The van der Waals surface area contributed by atoms with Gasteiger partial charge in [-0.25, -0.2) is 0 Å². The standard InChI is InChI=1S/C12H24N2O2/c1-5-6-14-9-12(2,3)8-13(4)11(16)10(14)7-15/h10,15H,5-9H2,1-4H3. The summed E-state index contributed by atoms with van der Waals surface area (Å²) in [6.07, 6.45) is 1.00. The average Bonchev–Trinajstić information content (AvgIpc) is 2.23. The predicted octanol–water partition coefficient (Wildman–Crippen LogP) is 0.557. The summed E-state index contributed by atoms with van der Waals surface area (Å²) >= 11 is 0. The number of hydrogen-bond donors (Lipinski definition) is 1. The minimum absolute atomic E-state index is 0.0431. The molecule has 16 heavy (non-hydrogen) atoms. The predicted molar refractivity (Wildman–Crippen MR) is 64.2 cm³/mol. The molecule has 0 aliphatic carbocycles. The molecular weight excluding hydrogens is 204 g/mol. The van der Waals surface area contributed by atoms with Crippen molar-refractivity contribution < 1.29 is 9.90 Å². The Balaban J connectivity index is 2.91. The van der Waals surface area contributed by atoms with Crippen molar-refractivity contribution in [1.82, 2.24) is 9.80 Å². The molecule has 1 rings (SSSR count). The highest BCUT2D eigenvalue weighted by atomic mass is 16.3. The molecule has 1 aliphatic heterocycles. The van der Waals surface area contributed by atoms with Crippen LogP contribution in [0.5, 0.6) is 0 Å². The fourth-order valence-corrected chi connectivity index (χ4v) is 2.56. The first-order chi connectivity index (χ1) is 7.41. The molecule has 0 radical (unpaired) electrons. The number of rotatable bonds is 3. The van der Waals surface area contributed by atoms with Crippen LogP contribution in [0.15, 0.2) is 0 Å². The van der Waals surface area contributed by atoms with Crippen LogP contribution in [-0.2, 0) is 4.79 Å². The Morgan fingerprint density at radius 2 is 2.06 bits per heavy atom. The van der Waals surface area contributed by atoms with Gasteiger partial charge in [-0.2, -0.15) is 0 Å². The number of carbonyl (C=O) groups is 1. The van der Waals surface area contributed by atoms with E-state index in [0.29, 0.717) is 0 Å². The topological polar surface area (TPSA) is 43.8 Å². The van der Waals surface area contributed by atoms with E-state index < -0.39 is 0 Å². The van der Waals surface area contributed by atoms with Gasteiger partial charge in [-0.05, 0) is 18.4 Å². The van der Waals surface area contributed by atoms with E-state index >= 15 is 0 Å². The normalized spacial score (nSPS) is 26.9. The molecule has 0 spiro atoms. The Morgan fingerprint density at radius 3 is 2.56 bits per heavy atom. The smallest absolute Gasteiger partial charge is 0.242 e. The second kappa shape index (κ2) is 5.15. The Morgan fingerprint density at radius 1 is 1.44 bits per heavy atom. The average molecular weight is 228 g/mol. The van der Waals surface area contributed by atoms with Gasteiger partial charge in [0.15, 0.2) is 0 Å². The summed E-state index contributed by atoms with van der Waals surface area (Å²) in [4.78, 5) is 15.9. The molecule has 4 nitrogen and oxygen atoms in total. The van der Waals surface area contributed by atoms with Crippen LogP contribution >= 0.6 is 0 Å². The summed E-state index contributed by atoms with van der Waals surface area (Å²) in [5.41, 5.74) is 0.0868. The lowest BCUT2D eigenvalue weighted by Gasteiger charge is -2.31. The van der Waals surface area contributed by atoms with Crippen LogP contribution in [-0.4, -0.2) is 60.1 Å². The number of carbonyl (C=O) groups excluding carboxylic acids is 1. The third-order valence-electron chi connectivity index (χ3n) is 3.08. The maximum atomic E-state index is 12.1. The van der Waals surface area contributed by atoms with E-state index in [1.807, 2.05) is 7.05 Å². The van der Waals surface area contributed by atoms with Crippen molar-refractivity contribution in [2.45, 2.75) is 33.2 Å². The van der Waals surface area contributed by atoms with Crippen LogP contribution in [0.25, 0.3) is 0 Å². The summed E-state index contributed by atoms with van der Waals surface area (Å²) in [5.74, 6) is 0.0431. The van der Waals surface area contributed by atoms with Gasteiger partial charge in [0.2, 0.25) is 5.91 Å². The minimum atomic E-state index is -0.355. The van der Waals surface area contributed by atoms with Gasteiger partial charge in [-0.3, -0.25) is 9.69 Å². The molecule has 1 fully saturated rings.